The number of allylic oxidation sites excluding steroid dienone is 2. The molecule has 20 heavy (non-hydrogen) atoms. The molecule has 0 unspecified atom stereocenters. The zero-order valence-electron chi connectivity index (χ0n) is 11.4. The predicted molar refractivity (Wildman–Crippen MR) is 84.4 cm³/mol. The lowest BCUT2D eigenvalue weighted by molar-refractivity contribution is -0.111. The van der Waals surface area contributed by atoms with Crippen molar-refractivity contribution in [2.45, 2.75) is 6.92 Å². The summed E-state index contributed by atoms with van der Waals surface area (Å²) < 4.78 is 0. The lowest BCUT2D eigenvalue weighted by Crippen LogP contribution is -2.07. The van der Waals surface area contributed by atoms with Crippen molar-refractivity contribution in [2.75, 3.05) is 5.32 Å². The maximum atomic E-state index is 11.7. The molecule has 0 bridgehead atoms. The summed E-state index contributed by atoms with van der Waals surface area (Å²) in [5.41, 5.74) is 3.08. The average molecular weight is 263 g/mol. The van der Waals surface area contributed by atoms with Crippen LogP contribution in [0.2, 0.25) is 0 Å². The van der Waals surface area contributed by atoms with E-state index < -0.39 is 0 Å². The van der Waals surface area contributed by atoms with Crippen LogP contribution in [0.25, 0.3) is 6.08 Å². The van der Waals surface area contributed by atoms with Crippen molar-refractivity contribution in [1.29, 1.82) is 0 Å². The van der Waals surface area contributed by atoms with Gasteiger partial charge >= 0.3 is 0 Å². The number of hydrogen-bond acceptors (Lipinski definition) is 1. The molecule has 0 spiro atoms. The molecule has 2 rings (SSSR count). The SMILES string of the molecule is Cc1ccc(NC(=O)/C=C\C=C\c2ccccc2)cc1. The molecule has 0 atom stereocenters. The molecule has 2 heteroatoms. The summed E-state index contributed by atoms with van der Waals surface area (Å²) in [6.45, 7) is 2.01. The standard InChI is InChI=1S/C18H17NO/c1-15-11-13-17(14-12-15)19-18(20)10-6-5-9-16-7-3-2-4-8-16/h2-14H,1H3,(H,19,20)/b9-5+,10-6-. The maximum Gasteiger partial charge on any atom is 0.248 e. The zero-order valence-corrected chi connectivity index (χ0v) is 11.4. The van der Waals surface area contributed by atoms with Gasteiger partial charge in [0.05, 0.1) is 0 Å². The number of aryl methyl sites for hydroxylation is 1. The van der Waals surface area contributed by atoms with Crippen molar-refractivity contribution in [3.63, 3.8) is 0 Å². The van der Waals surface area contributed by atoms with Gasteiger partial charge < -0.3 is 5.32 Å². The molecule has 0 aliphatic rings. The minimum Gasteiger partial charge on any atom is -0.323 e. The Morgan fingerprint density at radius 2 is 1.65 bits per heavy atom. The third-order valence-electron chi connectivity index (χ3n) is 2.77. The molecule has 2 nitrogen and oxygen atoms in total. The fourth-order valence-corrected chi connectivity index (χ4v) is 1.69. The van der Waals surface area contributed by atoms with Gasteiger partial charge in [-0.25, -0.2) is 0 Å². The van der Waals surface area contributed by atoms with Crippen LogP contribution in [0.1, 0.15) is 11.1 Å². The van der Waals surface area contributed by atoms with Gasteiger partial charge in [-0.3, -0.25) is 4.79 Å². The second-order valence-corrected chi connectivity index (χ2v) is 4.48. The summed E-state index contributed by atoms with van der Waals surface area (Å²) in [5, 5.41) is 2.81. The molecule has 0 aliphatic carbocycles. The highest BCUT2D eigenvalue weighted by atomic mass is 16.1. The van der Waals surface area contributed by atoms with E-state index in [1.54, 1.807) is 6.08 Å². The number of hydrogen-bond donors (Lipinski definition) is 1. The molecular weight excluding hydrogens is 246 g/mol. The van der Waals surface area contributed by atoms with E-state index in [1.807, 2.05) is 73.7 Å². The molecule has 1 N–H and O–H groups in total. The number of benzene rings is 2. The largest absolute Gasteiger partial charge is 0.323 e. The van der Waals surface area contributed by atoms with Crippen LogP contribution in [0.3, 0.4) is 0 Å². The van der Waals surface area contributed by atoms with Crippen LogP contribution in [0, 0.1) is 6.92 Å². The second-order valence-electron chi connectivity index (χ2n) is 4.48. The quantitative estimate of drug-likeness (QED) is 0.650. The summed E-state index contributed by atoms with van der Waals surface area (Å²) in [6, 6.07) is 17.7. The number of amides is 1. The first-order chi connectivity index (χ1) is 9.74. The third-order valence-corrected chi connectivity index (χ3v) is 2.77. The molecule has 0 aromatic heterocycles. The highest BCUT2D eigenvalue weighted by molar-refractivity contribution is 5.99. The average Bonchev–Trinajstić information content (AvgIpc) is 2.47. The van der Waals surface area contributed by atoms with E-state index in [0.717, 1.165) is 11.3 Å². The molecule has 100 valence electrons. The van der Waals surface area contributed by atoms with Crippen molar-refractivity contribution in [3.8, 4) is 0 Å². The van der Waals surface area contributed by atoms with Crippen LogP contribution in [-0.4, -0.2) is 5.91 Å². The number of nitrogens with one attached hydrogen (secondary N) is 1. The summed E-state index contributed by atoms with van der Waals surface area (Å²) in [5.74, 6) is -0.133. The number of carbonyl (C=O) groups is 1. The summed E-state index contributed by atoms with van der Waals surface area (Å²) >= 11 is 0. The van der Waals surface area contributed by atoms with Gasteiger partial charge in [-0.2, -0.15) is 0 Å². The highest BCUT2D eigenvalue weighted by Gasteiger charge is 1.95. The fraction of sp³-hybridized carbons (Fsp3) is 0.0556. The lowest BCUT2D eigenvalue weighted by Gasteiger charge is -2.01. The third kappa shape index (κ3) is 4.58. The minimum atomic E-state index is -0.133. The first-order valence-corrected chi connectivity index (χ1v) is 6.51. The molecule has 2 aromatic carbocycles. The zero-order chi connectivity index (χ0) is 14.2. The van der Waals surface area contributed by atoms with Gasteiger partial charge in [-0.1, -0.05) is 66.3 Å². The van der Waals surface area contributed by atoms with Crippen molar-refractivity contribution in [2.24, 2.45) is 0 Å². The number of carbonyl (C=O) groups excluding carboxylic acids is 1. The van der Waals surface area contributed by atoms with Crippen LogP contribution >= 0.6 is 0 Å². The Morgan fingerprint density at radius 1 is 0.950 bits per heavy atom. The van der Waals surface area contributed by atoms with Crippen LogP contribution in [0.15, 0.2) is 72.8 Å². The van der Waals surface area contributed by atoms with E-state index in [1.165, 1.54) is 11.6 Å². The van der Waals surface area contributed by atoms with E-state index in [4.69, 9.17) is 0 Å². The molecule has 0 radical (unpaired) electrons. The Bertz CT molecular complexity index is 610. The van der Waals surface area contributed by atoms with Gasteiger partial charge in [-0.05, 0) is 24.6 Å². The Morgan fingerprint density at radius 3 is 2.35 bits per heavy atom. The molecular formula is C18H17NO. The van der Waals surface area contributed by atoms with E-state index in [2.05, 4.69) is 5.32 Å². The Balaban J connectivity index is 1.86. The maximum absolute atomic E-state index is 11.7. The Kier molecular flexibility index (Phi) is 4.90. The minimum absolute atomic E-state index is 0.133. The first kappa shape index (κ1) is 13.8. The van der Waals surface area contributed by atoms with Gasteiger partial charge in [0.15, 0.2) is 0 Å². The second kappa shape index (κ2) is 7.10. The molecule has 0 saturated heterocycles. The smallest absolute Gasteiger partial charge is 0.248 e. The molecule has 0 heterocycles. The van der Waals surface area contributed by atoms with E-state index in [9.17, 15) is 4.79 Å². The fourth-order valence-electron chi connectivity index (χ4n) is 1.69. The Hall–Kier alpha value is -2.61. The summed E-state index contributed by atoms with van der Waals surface area (Å²) in [6.07, 6.45) is 7.05. The van der Waals surface area contributed by atoms with Crippen molar-refractivity contribution >= 4 is 17.7 Å². The molecule has 1 amide bonds. The molecule has 0 fully saturated rings. The van der Waals surface area contributed by atoms with Crippen LogP contribution in [-0.2, 0) is 4.79 Å². The van der Waals surface area contributed by atoms with Crippen molar-refractivity contribution in [3.05, 3.63) is 84.0 Å². The molecule has 0 saturated carbocycles. The predicted octanol–water partition coefficient (Wildman–Crippen LogP) is 4.20. The van der Waals surface area contributed by atoms with Gasteiger partial charge in [0, 0.05) is 11.8 Å². The van der Waals surface area contributed by atoms with Crippen LogP contribution in [0.5, 0.6) is 0 Å². The van der Waals surface area contributed by atoms with E-state index in [-0.39, 0.29) is 5.91 Å². The van der Waals surface area contributed by atoms with Gasteiger partial charge in [0.25, 0.3) is 0 Å². The van der Waals surface area contributed by atoms with Gasteiger partial charge in [-0.15, -0.1) is 0 Å². The van der Waals surface area contributed by atoms with E-state index in [0.29, 0.717) is 0 Å². The van der Waals surface area contributed by atoms with Crippen LogP contribution < -0.4 is 5.32 Å². The first-order valence-electron chi connectivity index (χ1n) is 6.51. The summed E-state index contributed by atoms with van der Waals surface area (Å²) in [7, 11) is 0. The summed E-state index contributed by atoms with van der Waals surface area (Å²) in [4.78, 5) is 11.7. The number of anilines is 1. The van der Waals surface area contributed by atoms with Crippen molar-refractivity contribution in [1.82, 2.24) is 0 Å². The Labute approximate surface area is 119 Å². The monoisotopic (exact) mass is 263 g/mol. The number of rotatable bonds is 4. The van der Waals surface area contributed by atoms with Gasteiger partial charge in [0.1, 0.15) is 0 Å². The normalized spacial score (nSPS) is 11.1. The highest BCUT2D eigenvalue weighted by Crippen LogP contribution is 2.08. The molecule has 2 aromatic rings. The molecule has 0 aliphatic heterocycles. The lowest BCUT2D eigenvalue weighted by atomic mass is 10.2. The van der Waals surface area contributed by atoms with E-state index >= 15 is 0 Å². The topological polar surface area (TPSA) is 29.1 Å². The van der Waals surface area contributed by atoms with Crippen LogP contribution in [0.4, 0.5) is 5.69 Å². The van der Waals surface area contributed by atoms with Crippen molar-refractivity contribution < 1.29 is 4.79 Å². The van der Waals surface area contributed by atoms with Gasteiger partial charge in [0.2, 0.25) is 5.91 Å².